The highest BCUT2D eigenvalue weighted by molar-refractivity contribution is 5.17. The van der Waals surface area contributed by atoms with Crippen molar-refractivity contribution in [2.45, 2.75) is 44.3 Å². The van der Waals surface area contributed by atoms with Gasteiger partial charge in [-0.3, -0.25) is 4.90 Å². The van der Waals surface area contributed by atoms with Crippen molar-refractivity contribution in [2.75, 3.05) is 0 Å². The van der Waals surface area contributed by atoms with Crippen molar-refractivity contribution in [3.63, 3.8) is 0 Å². The molecule has 2 unspecified atom stereocenters. The number of benzene rings is 1. The Morgan fingerprint density at radius 1 is 1.06 bits per heavy atom. The fourth-order valence-electron chi connectivity index (χ4n) is 3.26. The van der Waals surface area contributed by atoms with Crippen LogP contribution in [0, 0.1) is 0 Å². The number of fused-ring (bicyclic) bond motifs is 2. The smallest absolute Gasteiger partial charge is 0.0239 e. The first kappa shape index (κ1) is 10.1. The van der Waals surface area contributed by atoms with Crippen LogP contribution in [0.2, 0.25) is 0 Å². The van der Waals surface area contributed by atoms with Crippen LogP contribution in [0.5, 0.6) is 0 Å². The van der Waals surface area contributed by atoms with E-state index in [0.29, 0.717) is 0 Å². The fourth-order valence-corrected chi connectivity index (χ4v) is 3.26. The Bertz CT molecular complexity index is 366. The van der Waals surface area contributed by atoms with E-state index >= 15 is 0 Å². The molecule has 2 aliphatic heterocycles. The summed E-state index contributed by atoms with van der Waals surface area (Å²) < 4.78 is 0. The Labute approximate surface area is 97.8 Å². The Hall–Kier alpha value is -1.08. The molecule has 1 nitrogen and oxygen atoms in total. The molecule has 0 N–H and O–H groups in total. The molecule has 0 amide bonds. The van der Waals surface area contributed by atoms with Crippen molar-refractivity contribution >= 4 is 0 Å². The third-order valence-corrected chi connectivity index (χ3v) is 4.03. The van der Waals surface area contributed by atoms with E-state index in [4.69, 9.17) is 0 Å². The summed E-state index contributed by atoms with van der Waals surface area (Å²) in [6.07, 6.45) is 5.19. The van der Waals surface area contributed by atoms with Crippen LogP contribution in [-0.4, -0.2) is 17.0 Å². The topological polar surface area (TPSA) is 3.24 Å². The van der Waals surface area contributed by atoms with Crippen LogP contribution < -0.4 is 0 Å². The highest BCUT2D eigenvalue weighted by Gasteiger charge is 2.37. The third kappa shape index (κ3) is 1.80. The molecule has 3 rings (SSSR count). The molecule has 2 aliphatic rings. The molecule has 1 aromatic rings. The minimum absolute atomic E-state index is 0.770. The van der Waals surface area contributed by atoms with Gasteiger partial charge in [-0.15, -0.1) is 0 Å². The molecule has 0 radical (unpaired) electrons. The lowest BCUT2D eigenvalue weighted by Gasteiger charge is -2.35. The van der Waals surface area contributed by atoms with Gasteiger partial charge >= 0.3 is 0 Å². The molecule has 2 bridgehead atoms. The summed E-state index contributed by atoms with van der Waals surface area (Å²) in [5.41, 5.74) is 2.92. The van der Waals surface area contributed by atoms with E-state index in [9.17, 15) is 0 Å². The summed E-state index contributed by atoms with van der Waals surface area (Å²) >= 11 is 0. The summed E-state index contributed by atoms with van der Waals surface area (Å²) in [6.45, 7) is 5.30. The van der Waals surface area contributed by atoms with Crippen LogP contribution >= 0.6 is 0 Å². The van der Waals surface area contributed by atoms with Crippen LogP contribution in [0.15, 0.2) is 42.5 Å². The predicted octanol–water partition coefficient (Wildman–Crippen LogP) is 3.37. The highest BCUT2D eigenvalue weighted by atomic mass is 15.2. The van der Waals surface area contributed by atoms with Crippen molar-refractivity contribution in [1.29, 1.82) is 0 Å². The molecule has 0 aromatic heterocycles. The molecule has 0 spiro atoms. The minimum Gasteiger partial charge on any atom is -0.293 e. The van der Waals surface area contributed by atoms with Crippen molar-refractivity contribution < 1.29 is 0 Å². The molecule has 0 saturated carbocycles. The second-order valence-corrected chi connectivity index (χ2v) is 5.20. The van der Waals surface area contributed by atoms with Crippen LogP contribution in [-0.2, 0) is 6.54 Å². The zero-order valence-electron chi connectivity index (χ0n) is 9.73. The van der Waals surface area contributed by atoms with Gasteiger partial charge in [0.15, 0.2) is 0 Å². The molecular weight excluding hydrogens is 194 g/mol. The number of nitrogens with zero attached hydrogens (tertiary/aromatic N) is 1. The van der Waals surface area contributed by atoms with Gasteiger partial charge in [0.2, 0.25) is 0 Å². The monoisotopic (exact) mass is 213 g/mol. The lowest BCUT2D eigenvalue weighted by Crippen LogP contribution is -2.39. The molecule has 2 fully saturated rings. The standard InChI is InChI=1S/C15H19N/c1-12-9-14-7-8-15(10-12)16(14)11-13-5-3-2-4-6-13/h2-6,14-15H,1,7-11H2. The zero-order chi connectivity index (χ0) is 11.0. The Balaban J connectivity index is 1.75. The van der Waals surface area contributed by atoms with E-state index in [1.807, 2.05) is 0 Å². The number of rotatable bonds is 2. The summed E-state index contributed by atoms with van der Waals surface area (Å²) in [6, 6.07) is 12.4. The molecule has 2 saturated heterocycles. The first-order valence-corrected chi connectivity index (χ1v) is 6.29. The van der Waals surface area contributed by atoms with E-state index in [2.05, 4.69) is 41.8 Å². The van der Waals surface area contributed by atoms with Gasteiger partial charge in [-0.25, -0.2) is 0 Å². The quantitative estimate of drug-likeness (QED) is 0.681. The van der Waals surface area contributed by atoms with Crippen LogP contribution in [0.4, 0.5) is 0 Å². The average molecular weight is 213 g/mol. The van der Waals surface area contributed by atoms with Gasteiger partial charge in [-0.2, -0.15) is 0 Å². The second-order valence-electron chi connectivity index (χ2n) is 5.20. The maximum Gasteiger partial charge on any atom is 0.0239 e. The first-order valence-electron chi connectivity index (χ1n) is 6.29. The van der Waals surface area contributed by atoms with Crippen LogP contribution in [0.1, 0.15) is 31.2 Å². The van der Waals surface area contributed by atoms with Crippen LogP contribution in [0.3, 0.4) is 0 Å². The molecule has 1 aromatic carbocycles. The molecule has 1 heteroatoms. The third-order valence-electron chi connectivity index (χ3n) is 4.03. The SMILES string of the molecule is C=C1CC2CCC(C1)N2Cc1ccccc1. The predicted molar refractivity (Wildman–Crippen MR) is 67.2 cm³/mol. The normalized spacial score (nSPS) is 29.6. The lowest BCUT2D eigenvalue weighted by atomic mass is 9.97. The lowest BCUT2D eigenvalue weighted by molar-refractivity contribution is 0.157. The molecular formula is C15H19N. The van der Waals surface area contributed by atoms with Gasteiger partial charge in [0.25, 0.3) is 0 Å². The van der Waals surface area contributed by atoms with Gasteiger partial charge in [0.1, 0.15) is 0 Å². The molecule has 2 atom stereocenters. The summed E-state index contributed by atoms with van der Waals surface area (Å²) in [5.74, 6) is 0. The number of piperidine rings is 1. The first-order chi connectivity index (χ1) is 7.83. The van der Waals surface area contributed by atoms with E-state index < -0.39 is 0 Å². The second kappa shape index (κ2) is 4.06. The van der Waals surface area contributed by atoms with Gasteiger partial charge in [-0.05, 0) is 31.2 Å². The largest absolute Gasteiger partial charge is 0.293 e. The minimum atomic E-state index is 0.770. The molecule has 84 valence electrons. The van der Waals surface area contributed by atoms with Gasteiger partial charge < -0.3 is 0 Å². The van der Waals surface area contributed by atoms with Crippen molar-refractivity contribution in [3.05, 3.63) is 48.0 Å². The Morgan fingerprint density at radius 3 is 2.31 bits per heavy atom. The summed E-state index contributed by atoms with van der Waals surface area (Å²) in [4.78, 5) is 2.70. The maximum atomic E-state index is 4.17. The molecule has 2 heterocycles. The zero-order valence-corrected chi connectivity index (χ0v) is 9.73. The summed E-state index contributed by atoms with van der Waals surface area (Å²) in [5, 5.41) is 0. The van der Waals surface area contributed by atoms with E-state index in [1.165, 1.54) is 36.8 Å². The van der Waals surface area contributed by atoms with Gasteiger partial charge in [0.05, 0.1) is 0 Å². The van der Waals surface area contributed by atoms with E-state index in [0.717, 1.165) is 18.6 Å². The Morgan fingerprint density at radius 2 is 1.69 bits per heavy atom. The van der Waals surface area contributed by atoms with E-state index in [1.54, 1.807) is 0 Å². The summed E-state index contributed by atoms with van der Waals surface area (Å²) in [7, 11) is 0. The van der Waals surface area contributed by atoms with Gasteiger partial charge in [0, 0.05) is 18.6 Å². The Kier molecular flexibility index (Phi) is 2.56. The fraction of sp³-hybridized carbons (Fsp3) is 0.467. The molecule has 0 aliphatic carbocycles. The molecule has 16 heavy (non-hydrogen) atoms. The van der Waals surface area contributed by atoms with E-state index in [-0.39, 0.29) is 0 Å². The number of hydrogen-bond donors (Lipinski definition) is 0. The van der Waals surface area contributed by atoms with Gasteiger partial charge in [-0.1, -0.05) is 42.5 Å². The van der Waals surface area contributed by atoms with Crippen LogP contribution in [0.25, 0.3) is 0 Å². The van der Waals surface area contributed by atoms with Crippen molar-refractivity contribution in [3.8, 4) is 0 Å². The highest BCUT2D eigenvalue weighted by Crippen LogP contribution is 2.38. The average Bonchev–Trinajstić information content (AvgIpc) is 2.54. The van der Waals surface area contributed by atoms with Crippen molar-refractivity contribution in [2.24, 2.45) is 0 Å². The maximum absolute atomic E-state index is 4.17. The van der Waals surface area contributed by atoms with Crippen molar-refractivity contribution in [1.82, 2.24) is 4.90 Å². The number of hydrogen-bond acceptors (Lipinski definition) is 1.